The molecular weight excluding hydrogens is 409 g/mol. The number of benzene rings is 1. The van der Waals surface area contributed by atoms with Crippen LogP contribution in [0.4, 0.5) is 4.39 Å². The molecule has 3 rings (SSSR count). The zero-order chi connectivity index (χ0) is 23.8. The second kappa shape index (κ2) is 11.3. The molecule has 1 atom stereocenters. The Morgan fingerprint density at radius 1 is 1.18 bits per heavy atom. The van der Waals surface area contributed by atoms with Crippen molar-refractivity contribution in [2.24, 2.45) is 5.92 Å². The first-order chi connectivity index (χ1) is 16.0. The molecular formula is C29H32FN3. The third-order valence-corrected chi connectivity index (χ3v) is 5.86. The molecule has 3 aromatic rings. The average Bonchev–Trinajstić information content (AvgIpc) is 3.33. The minimum atomic E-state index is -0.246. The Morgan fingerprint density at radius 3 is 2.58 bits per heavy atom. The van der Waals surface area contributed by atoms with Crippen molar-refractivity contribution in [1.29, 1.82) is 0 Å². The molecule has 0 spiro atoms. The van der Waals surface area contributed by atoms with Gasteiger partial charge in [0.25, 0.3) is 0 Å². The summed E-state index contributed by atoms with van der Waals surface area (Å²) in [7, 11) is 0. The lowest BCUT2D eigenvalue weighted by Gasteiger charge is -2.30. The number of allylic oxidation sites excluding steroid dienone is 4. The molecule has 0 saturated carbocycles. The first-order valence-electron chi connectivity index (χ1n) is 11.3. The van der Waals surface area contributed by atoms with Crippen LogP contribution < -0.4 is 0 Å². The highest BCUT2D eigenvalue weighted by Crippen LogP contribution is 2.38. The van der Waals surface area contributed by atoms with E-state index in [1.165, 1.54) is 12.1 Å². The number of aromatic amines is 1. The number of H-pyrrole nitrogens is 1. The summed E-state index contributed by atoms with van der Waals surface area (Å²) >= 11 is 0. The van der Waals surface area contributed by atoms with Gasteiger partial charge in [-0.3, -0.25) is 0 Å². The molecule has 0 bridgehead atoms. The molecule has 0 saturated heterocycles. The maximum absolute atomic E-state index is 13.8. The normalized spacial score (nSPS) is 13.8. The van der Waals surface area contributed by atoms with E-state index in [2.05, 4.69) is 47.9 Å². The molecule has 0 amide bonds. The Hall–Kier alpha value is -3.66. The van der Waals surface area contributed by atoms with E-state index in [9.17, 15) is 4.39 Å². The van der Waals surface area contributed by atoms with Crippen molar-refractivity contribution in [3.8, 4) is 0 Å². The molecule has 0 radical (unpaired) electrons. The number of halogens is 1. The summed E-state index contributed by atoms with van der Waals surface area (Å²) in [5.74, 6) is -0.0219. The van der Waals surface area contributed by atoms with Crippen LogP contribution in [0.5, 0.6) is 0 Å². The van der Waals surface area contributed by atoms with Gasteiger partial charge in [0.05, 0.1) is 5.70 Å². The number of fused-ring (bicyclic) bond motifs is 1. The number of pyridine rings is 1. The van der Waals surface area contributed by atoms with E-state index < -0.39 is 0 Å². The lowest BCUT2D eigenvalue weighted by molar-refractivity contribution is 0.578. The lowest BCUT2D eigenvalue weighted by atomic mass is 9.87. The van der Waals surface area contributed by atoms with E-state index in [1.54, 1.807) is 0 Å². The van der Waals surface area contributed by atoms with E-state index in [4.69, 9.17) is 0 Å². The van der Waals surface area contributed by atoms with Crippen molar-refractivity contribution >= 4 is 22.3 Å². The number of nitrogens with one attached hydrogen (secondary N) is 1. The smallest absolute Gasteiger partial charge is 0.137 e. The zero-order valence-electron chi connectivity index (χ0n) is 19.7. The average molecular weight is 442 g/mol. The number of hydrogen-bond acceptors (Lipinski definition) is 2. The molecule has 2 heterocycles. The van der Waals surface area contributed by atoms with Crippen LogP contribution >= 0.6 is 0 Å². The predicted molar refractivity (Wildman–Crippen MR) is 139 cm³/mol. The minimum absolute atomic E-state index is 0.224. The third kappa shape index (κ3) is 5.40. The van der Waals surface area contributed by atoms with Gasteiger partial charge in [0.15, 0.2) is 0 Å². The van der Waals surface area contributed by atoms with Crippen LogP contribution in [0.3, 0.4) is 0 Å². The summed E-state index contributed by atoms with van der Waals surface area (Å²) in [4.78, 5) is 9.86. The molecule has 3 nitrogen and oxygen atoms in total. The standard InChI is InChI=1S/C29H32FN3/c1-6-10-11-22(8-3)20-33(9-4)28(25-16-18-31-29-26(25)17-19-32-29)27(21(5)7-2)23-12-14-24(30)15-13-23/h6,8-19,21H,3-4,7,20H2,1-2,5H3,(H,31,32)/b10-6-,22-11+,28-27+. The fraction of sp³-hybridized carbons (Fsp3) is 0.207. The molecule has 0 fully saturated rings. The largest absolute Gasteiger partial charge is 0.346 e. The Bertz CT molecular complexity index is 1200. The Labute approximate surface area is 196 Å². The highest BCUT2D eigenvalue weighted by atomic mass is 19.1. The monoisotopic (exact) mass is 441 g/mol. The highest BCUT2D eigenvalue weighted by molar-refractivity contribution is 5.99. The molecule has 1 aromatic carbocycles. The van der Waals surface area contributed by atoms with Gasteiger partial charge in [0.1, 0.15) is 11.5 Å². The topological polar surface area (TPSA) is 31.9 Å². The van der Waals surface area contributed by atoms with Crippen LogP contribution in [0.2, 0.25) is 0 Å². The fourth-order valence-electron chi connectivity index (χ4n) is 3.95. The van der Waals surface area contributed by atoms with Gasteiger partial charge in [0, 0.05) is 29.9 Å². The van der Waals surface area contributed by atoms with Gasteiger partial charge in [-0.25, -0.2) is 9.37 Å². The first kappa shape index (κ1) is 24.0. The van der Waals surface area contributed by atoms with Crippen molar-refractivity contribution in [2.45, 2.75) is 27.2 Å². The summed E-state index contributed by atoms with van der Waals surface area (Å²) in [6, 6.07) is 10.8. The predicted octanol–water partition coefficient (Wildman–Crippen LogP) is 7.75. The third-order valence-electron chi connectivity index (χ3n) is 5.86. The molecule has 170 valence electrons. The zero-order valence-corrected chi connectivity index (χ0v) is 19.7. The number of rotatable bonds is 10. The molecule has 0 aliphatic carbocycles. The van der Waals surface area contributed by atoms with Gasteiger partial charge >= 0.3 is 0 Å². The van der Waals surface area contributed by atoms with Gasteiger partial charge in [0.2, 0.25) is 0 Å². The van der Waals surface area contributed by atoms with E-state index in [0.29, 0.717) is 6.54 Å². The summed E-state index contributed by atoms with van der Waals surface area (Å²) in [5.41, 5.74) is 6.10. The second-order valence-corrected chi connectivity index (χ2v) is 7.96. The van der Waals surface area contributed by atoms with Crippen molar-refractivity contribution < 1.29 is 4.39 Å². The quantitative estimate of drug-likeness (QED) is 0.326. The summed E-state index contributed by atoms with van der Waals surface area (Å²) in [5, 5.41) is 1.03. The van der Waals surface area contributed by atoms with E-state index in [0.717, 1.165) is 45.4 Å². The number of hydrogen-bond donors (Lipinski definition) is 1. The van der Waals surface area contributed by atoms with Crippen molar-refractivity contribution in [3.05, 3.63) is 115 Å². The number of nitrogens with zero attached hydrogens (tertiary/aromatic N) is 2. The molecule has 2 aromatic heterocycles. The van der Waals surface area contributed by atoms with Crippen LogP contribution in [0.15, 0.2) is 98.0 Å². The van der Waals surface area contributed by atoms with Crippen LogP contribution in [-0.4, -0.2) is 21.4 Å². The van der Waals surface area contributed by atoms with Crippen LogP contribution in [0.1, 0.15) is 38.3 Å². The van der Waals surface area contributed by atoms with Crippen LogP contribution in [0.25, 0.3) is 22.3 Å². The number of aromatic nitrogens is 2. The van der Waals surface area contributed by atoms with Crippen LogP contribution in [-0.2, 0) is 0 Å². The maximum Gasteiger partial charge on any atom is 0.137 e. The van der Waals surface area contributed by atoms with Gasteiger partial charge in [-0.2, -0.15) is 0 Å². The molecule has 1 unspecified atom stereocenters. The van der Waals surface area contributed by atoms with Crippen molar-refractivity contribution in [3.63, 3.8) is 0 Å². The molecule has 0 aliphatic heterocycles. The van der Waals surface area contributed by atoms with Gasteiger partial charge in [-0.15, -0.1) is 0 Å². The lowest BCUT2D eigenvalue weighted by Crippen LogP contribution is -2.21. The van der Waals surface area contributed by atoms with E-state index >= 15 is 0 Å². The minimum Gasteiger partial charge on any atom is -0.346 e. The van der Waals surface area contributed by atoms with Gasteiger partial charge in [-0.1, -0.05) is 63.4 Å². The van der Waals surface area contributed by atoms with Crippen molar-refractivity contribution in [2.75, 3.05) is 6.54 Å². The first-order valence-corrected chi connectivity index (χ1v) is 11.3. The van der Waals surface area contributed by atoms with Crippen LogP contribution in [0, 0.1) is 11.7 Å². The molecule has 0 aliphatic rings. The Balaban J connectivity index is 2.35. The molecule has 1 N–H and O–H groups in total. The molecule has 4 heteroatoms. The van der Waals surface area contributed by atoms with Gasteiger partial charge < -0.3 is 9.88 Å². The summed E-state index contributed by atoms with van der Waals surface area (Å²) < 4.78 is 13.8. The second-order valence-electron chi connectivity index (χ2n) is 7.96. The van der Waals surface area contributed by atoms with E-state index in [-0.39, 0.29) is 11.7 Å². The van der Waals surface area contributed by atoms with E-state index in [1.807, 2.05) is 68.0 Å². The highest BCUT2D eigenvalue weighted by Gasteiger charge is 2.23. The summed E-state index contributed by atoms with van der Waals surface area (Å²) in [6.45, 7) is 15.1. The molecule has 33 heavy (non-hydrogen) atoms. The fourth-order valence-corrected chi connectivity index (χ4v) is 3.95. The Kier molecular flexibility index (Phi) is 8.20. The van der Waals surface area contributed by atoms with Crippen molar-refractivity contribution in [1.82, 2.24) is 14.9 Å². The van der Waals surface area contributed by atoms with Gasteiger partial charge in [-0.05, 0) is 66.4 Å². The summed E-state index contributed by atoms with van der Waals surface area (Å²) in [6.07, 6.45) is 14.4. The SMILES string of the molecule is C=C/C(=C\C=C/C)CN(C=C)/C(=C(/c1ccc(F)cc1)C(C)CC)c1ccnc2[nH]ccc12. The maximum atomic E-state index is 13.8. The Morgan fingerprint density at radius 2 is 1.94 bits per heavy atom.